The monoisotopic (exact) mass is 217 g/mol. The highest BCUT2D eigenvalue weighted by atomic mass is 19.4. The van der Waals surface area contributed by atoms with Crippen molar-refractivity contribution in [3.05, 3.63) is 36.9 Å². The summed E-state index contributed by atoms with van der Waals surface area (Å²) < 4.78 is 39.1. The maximum atomic E-state index is 11.8. The number of hydrogen-bond acceptors (Lipinski definition) is 2. The Morgan fingerprint density at radius 2 is 1.87 bits per heavy atom. The molecule has 2 nitrogen and oxygen atoms in total. The Bertz CT molecular complexity index is 318. The van der Waals surface area contributed by atoms with Crippen LogP contribution < -0.4 is 10.1 Å². The van der Waals surface area contributed by atoms with Crippen LogP contribution in [0.1, 0.15) is 0 Å². The van der Waals surface area contributed by atoms with E-state index in [1.54, 1.807) is 6.08 Å². The number of benzene rings is 1. The maximum absolute atomic E-state index is 11.8. The van der Waals surface area contributed by atoms with Gasteiger partial charge in [0.25, 0.3) is 0 Å². The SMILES string of the molecule is C=CCNc1ccc(OC(F)(F)F)cc1. The fourth-order valence-electron chi connectivity index (χ4n) is 0.964. The third-order valence-electron chi connectivity index (χ3n) is 1.54. The molecule has 0 amide bonds. The smallest absolute Gasteiger partial charge is 0.406 e. The van der Waals surface area contributed by atoms with Gasteiger partial charge in [-0.15, -0.1) is 19.8 Å². The standard InChI is InChI=1S/C10H10F3NO/c1-2-7-14-8-3-5-9(6-4-8)15-10(11,12)13/h2-6,14H,1,7H2. The number of ether oxygens (including phenoxy) is 1. The second-order valence-corrected chi connectivity index (χ2v) is 2.74. The first kappa shape index (κ1) is 11.4. The van der Waals surface area contributed by atoms with E-state index in [9.17, 15) is 13.2 Å². The van der Waals surface area contributed by atoms with Crippen molar-refractivity contribution >= 4 is 5.69 Å². The zero-order valence-corrected chi connectivity index (χ0v) is 7.84. The molecule has 1 rings (SSSR count). The van der Waals surface area contributed by atoms with E-state index in [-0.39, 0.29) is 5.75 Å². The van der Waals surface area contributed by atoms with E-state index < -0.39 is 6.36 Å². The quantitative estimate of drug-likeness (QED) is 0.782. The summed E-state index contributed by atoms with van der Waals surface area (Å²) >= 11 is 0. The zero-order valence-electron chi connectivity index (χ0n) is 7.84. The molecule has 0 saturated heterocycles. The molecule has 0 atom stereocenters. The van der Waals surface area contributed by atoms with Gasteiger partial charge in [0.2, 0.25) is 0 Å². The molecule has 0 saturated carbocycles. The number of alkyl halides is 3. The maximum Gasteiger partial charge on any atom is 0.573 e. The van der Waals surface area contributed by atoms with Crippen LogP contribution in [0.5, 0.6) is 5.75 Å². The Morgan fingerprint density at radius 1 is 1.27 bits per heavy atom. The van der Waals surface area contributed by atoms with Gasteiger partial charge in [0.05, 0.1) is 0 Å². The van der Waals surface area contributed by atoms with E-state index in [0.717, 1.165) is 0 Å². The molecule has 5 heteroatoms. The van der Waals surface area contributed by atoms with Crippen molar-refractivity contribution in [1.82, 2.24) is 0 Å². The van der Waals surface area contributed by atoms with Crippen LogP contribution in [0.25, 0.3) is 0 Å². The third-order valence-corrected chi connectivity index (χ3v) is 1.54. The van der Waals surface area contributed by atoms with E-state index >= 15 is 0 Å². The van der Waals surface area contributed by atoms with E-state index in [1.807, 2.05) is 0 Å². The highest BCUT2D eigenvalue weighted by molar-refractivity contribution is 5.46. The Kier molecular flexibility index (Phi) is 3.60. The average molecular weight is 217 g/mol. The Balaban J connectivity index is 2.60. The van der Waals surface area contributed by atoms with Crippen molar-refractivity contribution in [1.29, 1.82) is 0 Å². The Morgan fingerprint density at radius 3 is 2.33 bits per heavy atom. The molecular weight excluding hydrogens is 207 g/mol. The van der Waals surface area contributed by atoms with Crippen LogP contribution in [0, 0.1) is 0 Å². The summed E-state index contributed by atoms with van der Waals surface area (Å²) in [6, 6.07) is 5.51. The fourth-order valence-corrected chi connectivity index (χ4v) is 0.964. The summed E-state index contributed by atoms with van der Waals surface area (Å²) in [4.78, 5) is 0. The summed E-state index contributed by atoms with van der Waals surface area (Å²) in [5.74, 6) is -0.230. The summed E-state index contributed by atoms with van der Waals surface area (Å²) in [6.45, 7) is 4.06. The third kappa shape index (κ3) is 4.39. The average Bonchev–Trinajstić information content (AvgIpc) is 2.14. The minimum absolute atomic E-state index is 0.230. The molecule has 0 aromatic heterocycles. The molecule has 0 fully saturated rings. The first-order valence-corrected chi connectivity index (χ1v) is 4.22. The summed E-state index contributed by atoms with van der Waals surface area (Å²) in [5, 5.41) is 2.93. The Hall–Kier alpha value is -1.65. The first-order valence-electron chi connectivity index (χ1n) is 4.22. The number of halogens is 3. The van der Waals surface area contributed by atoms with E-state index in [4.69, 9.17) is 0 Å². The van der Waals surface area contributed by atoms with Gasteiger partial charge in [-0.2, -0.15) is 0 Å². The lowest BCUT2D eigenvalue weighted by atomic mass is 10.3. The highest BCUT2D eigenvalue weighted by Gasteiger charge is 2.30. The van der Waals surface area contributed by atoms with Gasteiger partial charge in [0.1, 0.15) is 5.75 Å². The Labute approximate surface area is 85.4 Å². The molecule has 1 aromatic carbocycles. The van der Waals surface area contributed by atoms with Crippen LogP contribution >= 0.6 is 0 Å². The normalized spacial score (nSPS) is 10.9. The lowest BCUT2D eigenvalue weighted by Gasteiger charge is -2.09. The molecule has 1 N–H and O–H groups in total. The molecule has 1 aromatic rings. The summed E-state index contributed by atoms with van der Waals surface area (Å²) in [6.07, 6.45) is -2.99. The molecule has 0 spiro atoms. The summed E-state index contributed by atoms with van der Waals surface area (Å²) in [5.41, 5.74) is 0.712. The van der Waals surface area contributed by atoms with Crippen molar-refractivity contribution in [2.45, 2.75) is 6.36 Å². The molecule has 15 heavy (non-hydrogen) atoms. The molecule has 82 valence electrons. The predicted octanol–water partition coefficient (Wildman–Crippen LogP) is 3.18. The molecule has 0 heterocycles. The molecule has 0 aliphatic rings. The zero-order chi connectivity index (χ0) is 11.3. The second kappa shape index (κ2) is 4.72. The van der Waals surface area contributed by atoms with Gasteiger partial charge < -0.3 is 10.1 Å². The van der Waals surface area contributed by atoms with E-state index in [1.165, 1.54) is 24.3 Å². The molecular formula is C10H10F3NO. The van der Waals surface area contributed by atoms with Crippen LogP contribution in [-0.4, -0.2) is 12.9 Å². The van der Waals surface area contributed by atoms with Crippen molar-refractivity contribution in [3.8, 4) is 5.75 Å². The first-order chi connectivity index (χ1) is 7.01. The van der Waals surface area contributed by atoms with Gasteiger partial charge in [-0.25, -0.2) is 0 Å². The lowest BCUT2D eigenvalue weighted by Crippen LogP contribution is -2.17. The minimum Gasteiger partial charge on any atom is -0.406 e. The van der Waals surface area contributed by atoms with Gasteiger partial charge in [0, 0.05) is 12.2 Å². The van der Waals surface area contributed by atoms with Crippen LogP contribution in [-0.2, 0) is 0 Å². The highest BCUT2D eigenvalue weighted by Crippen LogP contribution is 2.23. The minimum atomic E-state index is -4.64. The van der Waals surface area contributed by atoms with Crippen molar-refractivity contribution in [2.75, 3.05) is 11.9 Å². The van der Waals surface area contributed by atoms with E-state index in [0.29, 0.717) is 12.2 Å². The van der Waals surface area contributed by atoms with Crippen molar-refractivity contribution in [2.24, 2.45) is 0 Å². The fraction of sp³-hybridized carbons (Fsp3) is 0.200. The van der Waals surface area contributed by atoms with Gasteiger partial charge in [-0.05, 0) is 24.3 Å². The number of rotatable bonds is 4. The van der Waals surface area contributed by atoms with Gasteiger partial charge in [0.15, 0.2) is 0 Å². The van der Waals surface area contributed by atoms with Crippen molar-refractivity contribution < 1.29 is 17.9 Å². The second-order valence-electron chi connectivity index (χ2n) is 2.74. The van der Waals surface area contributed by atoms with Gasteiger partial charge >= 0.3 is 6.36 Å². The van der Waals surface area contributed by atoms with Crippen LogP contribution in [0.4, 0.5) is 18.9 Å². The number of anilines is 1. The lowest BCUT2D eigenvalue weighted by molar-refractivity contribution is -0.274. The van der Waals surface area contributed by atoms with E-state index in [2.05, 4.69) is 16.6 Å². The largest absolute Gasteiger partial charge is 0.573 e. The van der Waals surface area contributed by atoms with Crippen molar-refractivity contribution in [3.63, 3.8) is 0 Å². The van der Waals surface area contributed by atoms with Crippen LogP contribution in [0.15, 0.2) is 36.9 Å². The predicted molar refractivity (Wildman–Crippen MR) is 51.8 cm³/mol. The van der Waals surface area contributed by atoms with Gasteiger partial charge in [-0.1, -0.05) is 6.08 Å². The molecule has 0 radical (unpaired) electrons. The molecule has 0 aliphatic carbocycles. The molecule has 0 aliphatic heterocycles. The van der Waals surface area contributed by atoms with Crippen LogP contribution in [0.3, 0.4) is 0 Å². The number of nitrogens with one attached hydrogen (secondary N) is 1. The number of hydrogen-bond donors (Lipinski definition) is 1. The topological polar surface area (TPSA) is 21.3 Å². The molecule has 0 unspecified atom stereocenters. The molecule has 0 bridgehead atoms. The van der Waals surface area contributed by atoms with Crippen LogP contribution in [0.2, 0.25) is 0 Å². The van der Waals surface area contributed by atoms with Gasteiger partial charge in [-0.3, -0.25) is 0 Å². The summed E-state index contributed by atoms with van der Waals surface area (Å²) in [7, 11) is 0.